The van der Waals surface area contributed by atoms with Gasteiger partial charge in [0.05, 0.1) is 24.5 Å². The van der Waals surface area contributed by atoms with Gasteiger partial charge in [-0.1, -0.05) is 18.2 Å². The zero-order chi connectivity index (χ0) is 26.5. The Balaban J connectivity index is 1.82. The van der Waals surface area contributed by atoms with Crippen LogP contribution in [0.1, 0.15) is 60.0 Å². The molecule has 10 nitrogen and oxygen atoms in total. The van der Waals surface area contributed by atoms with Crippen LogP contribution in [0, 0.1) is 0 Å². The van der Waals surface area contributed by atoms with Crippen LogP contribution < -0.4 is 11.5 Å². The standard InChI is InChI=1S/C26H30N6O4S/c1-4-35-25(33)20-17-13-9-10-14-18(17)37-24(20)30-29-21(26(34)36-5-2)15(3)19-22(27)31-32(23(19)28)16-11-7-6-8-12-16/h6-8,11-12H,4-5,9-10,13-14,28H2,1-3H3,(H2,27,31)/b21-15+,30-29?. The molecular formula is C26H30N6O4S. The van der Waals surface area contributed by atoms with Gasteiger partial charge in [0, 0.05) is 4.88 Å². The molecule has 0 aliphatic heterocycles. The van der Waals surface area contributed by atoms with Crippen LogP contribution in [0.4, 0.5) is 16.6 Å². The minimum absolute atomic E-state index is 0.0750. The van der Waals surface area contributed by atoms with Crippen molar-refractivity contribution >= 4 is 45.5 Å². The Hall–Kier alpha value is -3.99. The maximum absolute atomic E-state index is 13.0. The molecule has 1 aliphatic rings. The predicted octanol–water partition coefficient (Wildman–Crippen LogP) is 5.23. The smallest absolute Gasteiger partial charge is 0.359 e. The lowest BCUT2D eigenvalue weighted by Gasteiger charge is -2.11. The van der Waals surface area contributed by atoms with Gasteiger partial charge < -0.3 is 20.9 Å². The number of carbonyl (C=O) groups excluding carboxylic acids is 2. The predicted molar refractivity (Wildman–Crippen MR) is 143 cm³/mol. The Morgan fingerprint density at radius 3 is 2.46 bits per heavy atom. The van der Waals surface area contributed by atoms with Gasteiger partial charge in [-0.05, 0) is 69.7 Å². The molecule has 0 amide bonds. The lowest BCUT2D eigenvalue weighted by Crippen LogP contribution is -2.10. The Bertz CT molecular complexity index is 1370. The summed E-state index contributed by atoms with van der Waals surface area (Å²) in [7, 11) is 0. The summed E-state index contributed by atoms with van der Waals surface area (Å²) in [5, 5.41) is 13.4. The molecule has 1 aliphatic carbocycles. The molecule has 0 bridgehead atoms. The van der Waals surface area contributed by atoms with Gasteiger partial charge >= 0.3 is 11.9 Å². The molecule has 0 fully saturated rings. The Morgan fingerprint density at radius 2 is 1.76 bits per heavy atom. The van der Waals surface area contributed by atoms with E-state index in [1.807, 2.05) is 30.3 Å². The Kier molecular flexibility index (Phi) is 8.02. The molecule has 1 aromatic carbocycles. The number of carbonyl (C=O) groups is 2. The van der Waals surface area contributed by atoms with Crippen molar-refractivity contribution in [3.63, 3.8) is 0 Å². The molecule has 0 spiro atoms. The first-order valence-electron chi connectivity index (χ1n) is 12.2. The number of ether oxygens (including phenoxy) is 2. The molecule has 0 radical (unpaired) electrons. The topological polar surface area (TPSA) is 147 Å². The summed E-state index contributed by atoms with van der Waals surface area (Å²) in [6.07, 6.45) is 3.68. The van der Waals surface area contributed by atoms with Crippen LogP contribution in [-0.4, -0.2) is 34.9 Å². The van der Waals surface area contributed by atoms with Crippen LogP contribution in [-0.2, 0) is 27.1 Å². The molecule has 0 atom stereocenters. The third kappa shape index (κ3) is 5.26. The Labute approximate surface area is 219 Å². The monoisotopic (exact) mass is 522 g/mol. The van der Waals surface area contributed by atoms with Gasteiger partial charge in [-0.3, -0.25) is 0 Å². The molecule has 2 heterocycles. The first kappa shape index (κ1) is 26.1. The number of aryl methyl sites for hydroxylation is 1. The number of aromatic nitrogens is 2. The maximum atomic E-state index is 13.0. The summed E-state index contributed by atoms with van der Waals surface area (Å²) in [6, 6.07) is 9.27. The fraction of sp³-hybridized carbons (Fsp3) is 0.346. The highest BCUT2D eigenvalue weighted by molar-refractivity contribution is 7.16. The fourth-order valence-electron chi connectivity index (χ4n) is 4.32. The van der Waals surface area contributed by atoms with Crippen molar-refractivity contribution in [1.29, 1.82) is 0 Å². The summed E-state index contributed by atoms with van der Waals surface area (Å²) in [4.78, 5) is 26.9. The van der Waals surface area contributed by atoms with Crippen molar-refractivity contribution < 1.29 is 19.1 Å². The van der Waals surface area contributed by atoms with Crippen LogP contribution in [0.3, 0.4) is 0 Å². The van der Waals surface area contributed by atoms with E-state index in [0.29, 0.717) is 27.4 Å². The summed E-state index contributed by atoms with van der Waals surface area (Å²) in [5.74, 6) is -0.743. The zero-order valence-electron chi connectivity index (χ0n) is 21.1. The van der Waals surface area contributed by atoms with Crippen LogP contribution in [0.25, 0.3) is 11.3 Å². The summed E-state index contributed by atoms with van der Waals surface area (Å²) in [6.45, 7) is 5.51. The van der Waals surface area contributed by atoms with Crippen LogP contribution in [0.15, 0.2) is 46.3 Å². The van der Waals surface area contributed by atoms with E-state index in [9.17, 15) is 9.59 Å². The highest BCUT2D eigenvalue weighted by Gasteiger charge is 2.28. The van der Waals surface area contributed by atoms with Gasteiger partial charge in [0.25, 0.3) is 0 Å². The average molecular weight is 523 g/mol. The number of hydrogen-bond acceptors (Lipinski definition) is 10. The molecule has 11 heteroatoms. The van der Waals surface area contributed by atoms with E-state index >= 15 is 0 Å². The first-order valence-corrected chi connectivity index (χ1v) is 13.0. The zero-order valence-corrected chi connectivity index (χ0v) is 21.9. The number of nitrogens with two attached hydrogens (primary N) is 2. The van der Waals surface area contributed by atoms with E-state index in [1.54, 1.807) is 20.8 Å². The third-order valence-electron chi connectivity index (χ3n) is 6.02. The molecule has 0 saturated heterocycles. The van der Waals surface area contributed by atoms with E-state index in [-0.39, 0.29) is 30.5 Å². The number of hydrogen-bond donors (Lipinski definition) is 2. The van der Waals surface area contributed by atoms with Gasteiger partial charge in [-0.25, -0.2) is 14.3 Å². The number of nitrogens with zero attached hydrogens (tertiary/aromatic N) is 4. The number of allylic oxidation sites excluding steroid dienone is 1. The summed E-state index contributed by atoms with van der Waals surface area (Å²) < 4.78 is 12.1. The number of nitrogen functional groups attached to an aromatic ring is 2. The number of rotatable bonds is 8. The van der Waals surface area contributed by atoms with Crippen molar-refractivity contribution in [2.45, 2.75) is 46.5 Å². The molecular weight excluding hydrogens is 492 g/mol. The third-order valence-corrected chi connectivity index (χ3v) is 7.20. The highest BCUT2D eigenvalue weighted by atomic mass is 32.1. The molecule has 4 rings (SSSR count). The molecule has 194 valence electrons. The average Bonchev–Trinajstić information content (AvgIpc) is 3.41. The quantitative estimate of drug-likeness (QED) is 0.234. The van der Waals surface area contributed by atoms with Crippen molar-refractivity contribution in [1.82, 2.24) is 9.78 Å². The van der Waals surface area contributed by atoms with E-state index in [0.717, 1.165) is 36.1 Å². The number of anilines is 2. The van der Waals surface area contributed by atoms with Gasteiger partial charge in [0.1, 0.15) is 11.4 Å². The van der Waals surface area contributed by atoms with Gasteiger partial charge in [-0.15, -0.1) is 26.7 Å². The molecule has 2 aromatic heterocycles. The minimum Gasteiger partial charge on any atom is -0.462 e. The number of esters is 2. The Morgan fingerprint density at radius 1 is 1.05 bits per heavy atom. The summed E-state index contributed by atoms with van der Waals surface area (Å²) >= 11 is 1.40. The van der Waals surface area contributed by atoms with Crippen LogP contribution in [0.2, 0.25) is 0 Å². The molecule has 0 unspecified atom stereocenters. The van der Waals surface area contributed by atoms with Crippen LogP contribution >= 0.6 is 11.3 Å². The summed E-state index contributed by atoms with van der Waals surface area (Å²) in [5.41, 5.74) is 15.4. The highest BCUT2D eigenvalue weighted by Crippen LogP contribution is 2.41. The largest absolute Gasteiger partial charge is 0.462 e. The fourth-order valence-corrected chi connectivity index (χ4v) is 5.51. The number of para-hydroxylation sites is 1. The second-order valence-electron chi connectivity index (χ2n) is 8.40. The van der Waals surface area contributed by atoms with Gasteiger partial charge in [0.2, 0.25) is 0 Å². The first-order chi connectivity index (χ1) is 17.9. The number of azo groups is 1. The normalized spacial score (nSPS) is 13.8. The van der Waals surface area contributed by atoms with Gasteiger partial charge in [-0.2, -0.15) is 0 Å². The minimum atomic E-state index is -0.686. The van der Waals surface area contributed by atoms with Crippen molar-refractivity contribution in [2.75, 3.05) is 24.7 Å². The molecule has 3 aromatic rings. The number of fused-ring (bicyclic) bond motifs is 1. The van der Waals surface area contributed by atoms with Crippen molar-refractivity contribution in [3.8, 4) is 5.69 Å². The van der Waals surface area contributed by atoms with E-state index in [2.05, 4.69) is 15.3 Å². The van der Waals surface area contributed by atoms with Crippen LogP contribution in [0.5, 0.6) is 0 Å². The lowest BCUT2D eigenvalue weighted by atomic mass is 9.95. The number of benzene rings is 1. The number of thiophene rings is 1. The molecule has 0 saturated carbocycles. The maximum Gasteiger partial charge on any atom is 0.359 e. The van der Waals surface area contributed by atoms with E-state index < -0.39 is 11.9 Å². The van der Waals surface area contributed by atoms with Crippen molar-refractivity contribution in [2.24, 2.45) is 10.2 Å². The second-order valence-corrected chi connectivity index (χ2v) is 9.48. The van der Waals surface area contributed by atoms with E-state index in [1.165, 1.54) is 16.0 Å². The molecule has 37 heavy (non-hydrogen) atoms. The SMILES string of the molecule is CCOC(=O)/C(N=Nc1sc2c(c1C(=O)OCC)CCCC2)=C(/C)c1c(N)nn(-c2ccccc2)c1N. The molecule has 4 N–H and O–H groups in total. The lowest BCUT2D eigenvalue weighted by molar-refractivity contribution is -0.138. The second kappa shape index (κ2) is 11.4. The van der Waals surface area contributed by atoms with Gasteiger partial charge in [0.15, 0.2) is 16.5 Å². The van der Waals surface area contributed by atoms with Crippen molar-refractivity contribution in [3.05, 3.63) is 57.6 Å². The van der Waals surface area contributed by atoms with E-state index in [4.69, 9.17) is 20.9 Å².